The number of hydrogen-bond donors (Lipinski definition) is 0. The first kappa shape index (κ1) is 30.2. The lowest BCUT2D eigenvalue weighted by Crippen LogP contribution is -2.38. The third kappa shape index (κ3) is 7.86. The summed E-state index contributed by atoms with van der Waals surface area (Å²) in [5, 5.41) is 9.96. The first-order valence-corrected chi connectivity index (χ1v) is 15.3. The van der Waals surface area contributed by atoms with Crippen molar-refractivity contribution in [3.05, 3.63) is 60.4 Å². The Labute approximate surface area is 233 Å². The molecule has 1 heterocycles. The van der Waals surface area contributed by atoms with Gasteiger partial charge in [-0.2, -0.15) is 5.26 Å². The standard InChI is InChI=1S/C31H40N2O5S/c1-6-8-16-31(17-9-7-2)22-33(25-13-11-10-12-14-25)26-19-24(21-32)27(20-28(26)39(35,36)23-31)37-18-15-29(34)38-30(3,4)5/h10-15,18-20H,6-9,16-17,22-23H2,1-5H3/b18-15+. The van der Waals surface area contributed by atoms with E-state index in [0.29, 0.717) is 12.2 Å². The summed E-state index contributed by atoms with van der Waals surface area (Å²) in [5.74, 6) is -0.507. The molecule has 3 rings (SSSR count). The van der Waals surface area contributed by atoms with Crippen molar-refractivity contribution < 1.29 is 22.7 Å². The van der Waals surface area contributed by atoms with Gasteiger partial charge in [0.1, 0.15) is 17.4 Å². The first-order chi connectivity index (χ1) is 18.4. The Balaban J connectivity index is 2.14. The Morgan fingerprint density at radius 1 is 1.10 bits per heavy atom. The van der Waals surface area contributed by atoms with Crippen LogP contribution in [0.3, 0.4) is 0 Å². The summed E-state index contributed by atoms with van der Waals surface area (Å²) in [7, 11) is -3.75. The molecular weight excluding hydrogens is 512 g/mol. The summed E-state index contributed by atoms with van der Waals surface area (Å²) in [4.78, 5) is 14.2. The zero-order valence-electron chi connectivity index (χ0n) is 23.7. The number of carbonyl (C=O) groups is 1. The van der Waals surface area contributed by atoms with Gasteiger partial charge in [0.05, 0.1) is 34.2 Å². The number of hydrogen-bond acceptors (Lipinski definition) is 7. The molecule has 39 heavy (non-hydrogen) atoms. The van der Waals surface area contributed by atoms with E-state index in [1.54, 1.807) is 26.8 Å². The zero-order chi connectivity index (χ0) is 28.7. The van der Waals surface area contributed by atoms with E-state index in [2.05, 4.69) is 19.9 Å². The highest BCUT2D eigenvalue weighted by molar-refractivity contribution is 7.91. The van der Waals surface area contributed by atoms with E-state index >= 15 is 0 Å². The second kappa shape index (κ2) is 12.7. The van der Waals surface area contributed by atoms with E-state index in [0.717, 1.165) is 56.6 Å². The van der Waals surface area contributed by atoms with Crippen LogP contribution in [-0.2, 0) is 19.4 Å². The monoisotopic (exact) mass is 552 g/mol. The molecule has 0 saturated carbocycles. The molecule has 0 atom stereocenters. The van der Waals surface area contributed by atoms with E-state index in [9.17, 15) is 18.5 Å². The summed E-state index contributed by atoms with van der Waals surface area (Å²) in [5.41, 5.74) is 0.407. The predicted molar refractivity (Wildman–Crippen MR) is 154 cm³/mol. The maximum atomic E-state index is 14.0. The van der Waals surface area contributed by atoms with E-state index in [1.807, 2.05) is 35.2 Å². The normalized spacial score (nSPS) is 16.3. The van der Waals surface area contributed by atoms with Crippen LogP contribution in [0.15, 0.2) is 59.7 Å². The molecular formula is C31H40N2O5S. The van der Waals surface area contributed by atoms with Crippen LogP contribution in [0.25, 0.3) is 0 Å². The summed E-state index contributed by atoms with van der Waals surface area (Å²) in [6, 6.07) is 14.9. The van der Waals surface area contributed by atoms with E-state index in [4.69, 9.17) is 9.47 Å². The molecule has 0 aliphatic carbocycles. The lowest BCUT2D eigenvalue weighted by Gasteiger charge is -2.37. The molecule has 1 aliphatic rings. The first-order valence-electron chi connectivity index (χ1n) is 13.6. The SMILES string of the molecule is CCCCC1(CCCC)CN(c2ccccc2)c2cc(C#N)c(O/C=C/C(=O)OC(C)(C)C)cc2S(=O)(=O)C1. The maximum Gasteiger partial charge on any atom is 0.334 e. The number of ether oxygens (including phenoxy) is 2. The molecule has 2 aromatic carbocycles. The van der Waals surface area contributed by atoms with Crippen molar-refractivity contribution in [1.29, 1.82) is 5.26 Å². The van der Waals surface area contributed by atoms with Crippen molar-refractivity contribution in [2.45, 2.75) is 83.6 Å². The number of sulfone groups is 1. The van der Waals surface area contributed by atoms with Crippen LogP contribution in [0.5, 0.6) is 5.75 Å². The van der Waals surface area contributed by atoms with Gasteiger partial charge in [-0.1, -0.05) is 57.7 Å². The molecule has 0 N–H and O–H groups in total. The Kier molecular flexibility index (Phi) is 9.84. The van der Waals surface area contributed by atoms with Gasteiger partial charge in [-0.15, -0.1) is 0 Å². The number of unbranched alkanes of at least 4 members (excludes halogenated alkanes) is 2. The third-order valence-corrected chi connectivity index (χ3v) is 8.78. The fourth-order valence-corrected chi connectivity index (χ4v) is 7.13. The van der Waals surface area contributed by atoms with Crippen LogP contribution in [-0.4, -0.2) is 32.3 Å². The van der Waals surface area contributed by atoms with Gasteiger partial charge in [-0.3, -0.25) is 0 Å². The highest BCUT2D eigenvalue weighted by Gasteiger charge is 2.42. The fraction of sp³-hybridized carbons (Fsp3) is 0.484. The molecule has 0 aromatic heterocycles. The van der Waals surface area contributed by atoms with Crippen molar-refractivity contribution in [1.82, 2.24) is 0 Å². The second-order valence-electron chi connectivity index (χ2n) is 11.3. The number of benzene rings is 2. The summed E-state index contributed by atoms with van der Waals surface area (Å²) in [6.45, 7) is 10.0. The Morgan fingerprint density at radius 3 is 2.31 bits per heavy atom. The van der Waals surface area contributed by atoms with Gasteiger partial charge in [0, 0.05) is 23.7 Å². The predicted octanol–water partition coefficient (Wildman–Crippen LogP) is 7.08. The molecule has 2 aromatic rings. The van der Waals surface area contributed by atoms with E-state index < -0.39 is 26.8 Å². The van der Waals surface area contributed by atoms with Crippen molar-refractivity contribution in [2.24, 2.45) is 5.41 Å². The van der Waals surface area contributed by atoms with Gasteiger partial charge in [0.15, 0.2) is 9.84 Å². The van der Waals surface area contributed by atoms with E-state index in [-0.39, 0.29) is 22.0 Å². The topological polar surface area (TPSA) is 96.7 Å². The number of nitrogens with zero attached hydrogens (tertiary/aromatic N) is 2. The number of fused-ring (bicyclic) bond motifs is 1. The van der Waals surface area contributed by atoms with Crippen molar-refractivity contribution in [3.8, 4) is 11.8 Å². The minimum atomic E-state index is -3.75. The molecule has 8 heteroatoms. The highest BCUT2D eigenvalue weighted by Crippen LogP contribution is 2.46. The maximum absolute atomic E-state index is 14.0. The Hall–Kier alpha value is -3.31. The molecule has 210 valence electrons. The van der Waals surface area contributed by atoms with Gasteiger partial charge in [-0.05, 0) is 51.8 Å². The molecule has 0 spiro atoms. The summed E-state index contributed by atoms with van der Waals surface area (Å²) in [6.07, 6.45) is 7.67. The van der Waals surface area contributed by atoms with Crippen LogP contribution < -0.4 is 9.64 Å². The lowest BCUT2D eigenvalue weighted by molar-refractivity contribution is -0.148. The highest BCUT2D eigenvalue weighted by atomic mass is 32.2. The van der Waals surface area contributed by atoms with Crippen LogP contribution in [0.2, 0.25) is 0 Å². The van der Waals surface area contributed by atoms with Gasteiger partial charge in [0.25, 0.3) is 0 Å². The number of para-hydroxylation sites is 1. The van der Waals surface area contributed by atoms with Gasteiger partial charge in [0.2, 0.25) is 0 Å². The smallest absolute Gasteiger partial charge is 0.334 e. The number of rotatable bonds is 10. The van der Waals surface area contributed by atoms with Crippen molar-refractivity contribution in [2.75, 3.05) is 17.2 Å². The number of nitriles is 1. The minimum absolute atomic E-state index is 0.0232. The van der Waals surface area contributed by atoms with Crippen molar-refractivity contribution in [3.63, 3.8) is 0 Å². The quantitative estimate of drug-likeness (QED) is 0.176. The Morgan fingerprint density at radius 2 is 1.74 bits per heavy atom. The summed E-state index contributed by atoms with van der Waals surface area (Å²) >= 11 is 0. The molecule has 1 aliphatic heterocycles. The second-order valence-corrected chi connectivity index (χ2v) is 13.2. The molecule has 0 radical (unpaired) electrons. The molecule has 7 nitrogen and oxygen atoms in total. The van der Waals surface area contributed by atoms with Gasteiger partial charge in [-0.25, -0.2) is 13.2 Å². The average Bonchev–Trinajstić information content (AvgIpc) is 2.97. The average molecular weight is 553 g/mol. The van der Waals surface area contributed by atoms with Crippen LogP contribution in [0.1, 0.15) is 78.7 Å². The van der Waals surface area contributed by atoms with Crippen LogP contribution in [0.4, 0.5) is 11.4 Å². The van der Waals surface area contributed by atoms with Gasteiger partial charge >= 0.3 is 5.97 Å². The van der Waals surface area contributed by atoms with E-state index in [1.165, 1.54) is 6.07 Å². The third-order valence-electron chi connectivity index (χ3n) is 6.79. The number of esters is 1. The molecule has 0 saturated heterocycles. The number of anilines is 2. The zero-order valence-corrected chi connectivity index (χ0v) is 24.5. The minimum Gasteiger partial charge on any atom is -0.463 e. The summed E-state index contributed by atoms with van der Waals surface area (Å²) < 4.78 is 39.0. The molecule has 0 unspecified atom stereocenters. The largest absolute Gasteiger partial charge is 0.463 e. The van der Waals surface area contributed by atoms with Gasteiger partial charge < -0.3 is 14.4 Å². The lowest BCUT2D eigenvalue weighted by atomic mass is 9.79. The van der Waals surface area contributed by atoms with Crippen LogP contribution in [0, 0.1) is 16.7 Å². The number of carbonyl (C=O) groups excluding carboxylic acids is 1. The molecule has 0 amide bonds. The fourth-order valence-electron chi connectivity index (χ4n) is 5.01. The van der Waals surface area contributed by atoms with Crippen LogP contribution >= 0.6 is 0 Å². The molecule has 0 fully saturated rings. The van der Waals surface area contributed by atoms with Crippen molar-refractivity contribution >= 4 is 27.2 Å². The Bertz CT molecular complexity index is 1310. The molecule has 0 bridgehead atoms.